The molecule has 0 aliphatic carbocycles. The van der Waals surface area contributed by atoms with Gasteiger partial charge >= 0.3 is 5.97 Å². The lowest BCUT2D eigenvalue weighted by molar-refractivity contribution is -0.139. The first-order chi connectivity index (χ1) is 7.11. The van der Waals surface area contributed by atoms with Gasteiger partial charge in [0, 0.05) is 6.54 Å². The van der Waals surface area contributed by atoms with E-state index >= 15 is 0 Å². The average molecular weight is 207 g/mol. The number of ether oxygens (including phenoxy) is 1. The quantitative estimate of drug-likeness (QED) is 0.761. The largest absolute Gasteiger partial charge is 0.468 e. The van der Waals surface area contributed by atoms with E-state index in [9.17, 15) is 4.79 Å². The van der Waals surface area contributed by atoms with Crippen LogP contribution in [0.2, 0.25) is 0 Å². The van der Waals surface area contributed by atoms with E-state index in [2.05, 4.69) is 42.1 Å². The molecule has 0 radical (unpaired) electrons. The van der Waals surface area contributed by atoms with Crippen LogP contribution in [0.4, 0.5) is 0 Å². The standard InChI is InChI=1S/C12H17NO2/c1-9-4-10(2)6-11(5-9)7-13-8-12(14)15-3/h4-6,13H,7-8H2,1-3H3. The highest BCUT2D eigenvalue weighted by Gasteiger charge is 1.99. The Morgan fingerprint density at radius 2 is 1.87 bits per heavy atom. The van der Waals surface area contributed by atoms with Crippen molar-refractivity contribution in [2.24, 2.45) is 0 Å². The monoisotopic (exact) mass is 207 g/mol. The van der Waals surface area contributed by atoms with Gasteiger partial charge in [0.2, 0.25) is 0 Å². The molecule has 15 heavy (non-hydrogen) atoms. The third-order valence-corrected chi connectivity index (χ3v) is 2.11. The molecule has 0 aliphatic heterocycles. The molecule has 82 valence electrons. The smallest absolute Gasteiger partial charge is 0.319 e. The lowest BCUT2D eigenvalue weighted by Crippen LogP contribution is -2.23. The third-order valence-electron chi connectivity index (χ3n) is 2.11. The number of hydrogen-bond donors (Lipinski definition) is 1. The Labute approximate surface area is 90.4 Å². The van der Waals surface area contributed by atoms with Crippen LogP contribution in [0.25, 0.3) is 0 Å². The van der Waals surface area contributed by atoms with Gasteiger partial charge in [0.1, 0.15) is 0 Å². The van der Waals surface area contributed by atoms with E-state index in [1.54, 1.807) is 0 Å². The molecule has 3 heteroatoms. The Balaban J connectivity index is 2.47. The fourth-order valence-corrected chi connectivity index (χ4v) is 1.55. The maximum Gasteiger partial charge on any atom is 0.319 e. The molecule has 1 N–H and O–H groups in total. The molecule has 1 rings (SSSR count). The topological polar surface area (TPSA) is 38.3 Å². The Morgan fingerprint density at radius 1 is 1.27 bits per heavy atom. The third kappa shape index (κ3) is 4.13. The summed E-state index contributed by atoms with van der Waals surface area (Å²) in [6.45, 7) is 5.08. The van der Waals surface area contributed by atoms with Crippen molar-refractivity contribution < 1.29 is 9.53 Å². The maximum absolute atomic E-state index is 10.9. The zero-order valence-corrected chi connectivity index (χ0v) is 9.46. The molecule has 1 aromatic carbocycles. The highest BCUT2D eigenvalue weighted by atomic mass is 16.5. The van der Waals surface area contributed by atoms with Gasteiger partial charge < -0.3 is 10.1 Å². The summed E-state index contributed by atoms with van der Waals surface area (Å²) < 4.78 is 4.53. The first-order valence-electron chi connectivity index (χ1n) is 4.96. The molecule has 0 aliphatic rings. The summed E-state index contributed by atoms with van der Waals surface area (Å²) >= 11 is 0. The molecule has 3 nitrogen and oxygen atoms in total. The van der Waals surface area contributed by atoms with Gasteiger partial charge in [-0.2, -0.15) is 0 Å². The summed E-state index contributed by atoms with van der Waals surface area (Å²) in [6, 6.07) is 6.35. The van der Waals surface area contributed by atoms with E-state index in [-0.39, 0.29) is 12.5 Å². The molecule has 0 heterocycles. The van der Waals surface area contributed by atoms with Gasteiger partial charge in [-0.15, -0.1) is 0 Å². The molecule has 0 unspecified atom stereocenters. The minimum Gasteiger partial charge on any atom is -0.468 e. The summed E-state index contributed by atoms with van der Waals surface area (Å²) in [7, 11) is 1.39. The van der Waals surface area contributed by atoms with Crippen LogP contribution in [-0.2, 0) is 16.1 Å². The van der Waals surface area contributed by atoms with Gasteiger partial charge in [-0.25, -0.2) is 0 Å². The van der Waals surface area contributed by atoms with Crippen LogP contribution < -0.4 is 5.32 Å². The van der Waals surface area contributed by atoms with Crippen molar-refractivity contribution in [3.05, 3.63) is 34.9 Å². The zero-order chi connectivity index (χ0) is 11.3. The zero-order valence-electron chi connectivity index (χ0n) is 9.46. The van der Waals surface area contributed by atoms with Crippen molar-refractivity contribution in [3.8, 4) is 0 Å². The molecule has 0 bridgehead atoms. The average Bonchev–Trinajstić information content (AvgIpc) is 2.16. The van der Waals surface area contributed by atoms with Crippen LogP contribution in [0.15, 0.2) is 18.2 Å². The summed E-state index contributed by atoms with van der Waals surface area (Å²) in [5.41, 5.74) is 3.67. The SMILES string of the molecule is COC(=O)CNCc1cc(C)cc(C)c1. The van der Waals surface area contributed by atoms with Crippen LogP contribution in [-0.4, -0.2) is 19.6 Å². The van der Waals surface area contributed by atoms with Gasteiger partial charge in [0.05, 0.1) is 13.7 Å². The van der Waals surface area contributed by atoms with Crippen molar-refractivity contribution in [1.82, 2.24) is 5.32 Å². The Bertz CT molecular complexity index is 327. The number of aryl methyl sites for hydroxylation is 2. The van der Waals surface area contributed by atoms with Gasteiger partial charge in [-0.1, -0.05) is 29.3 Å². The molecule has 0 spiro atoms. The number of esters is 1. The van der Waals surface area contributed by atoms with Crippen molar-refractivity contribution in [2.45, 2.75) is 20.4 Å². The Kier molecular flexibility index (Phi) is 4.31. The molecule has 0 atom stereocenters. The van der Waals surface area contributed by atoms with Crippen molar-refractivity contribution in [2.75, 3.05) is 13.7 Å². The predicted octanol–water partition coefficient (Wildman–Crippen LogP) is 1.57. The van der Waals surface area contributed by atoms with E-state index in [1.807, 2.05) is 0 Å². The lowest BCUT2D eigenvalue weighted by Gasteiger charge is -2.06. The molecule has 0 saturated carbocycles. The second-order valence-electron chi connectivity index (χ2n) is 3.68. The number of hydrogen-bond acceptors (Lipinski definition) is 3. The van der Waals surface area contributed by atoms with Crippen LogP contribution in [0.1, 0.15) is 16.7 Å². The van der Waals surface area contributed by atoms with Crippen LogP contribution >= 0.6 is 0 Å². The van der Waals surface area contributed by atoms with E-state index in [1.165, 1.54) is 23.8 Å². The minimum absolute atomic E-state index is 0.237. The van der Waals surface area contributed by atoms with E-state index in [4.69, 9.17) is 0 Å². The molecule has 0 fully saturated rings. The van der Waals surface area contributed by atoms with Crippen molar-refractivity contribution >= 4 is 5.97 Å². The first-order valence-corrected chi connectivity index (χ1v) is 4.96. The summed E-state index contributed by atoms with van der Waals surface area (Å²) in [4.78, 5) is 10.9. The number of rotatable bonds is 4. The Morgan fingerprint density at radius 3 is 2.40 bits per heavy atom. The van der Waals surface area contributed by atoms with Crippen molar-refractivity contribution in [3.63, 3.8) is 0 Å². The number of methoxy groups -OCH3 is 1. The lowest BCUT2D eigenvalue weighted by atomic mass is 10.1. The van der Waals surface area contributed by atoms with Gasteiger partial charge in [0.25, 0.3) is 0 Å². The molecule has 0 amide bonds. The molecule has 0 saturated heterocycles. The van der Waals surface area contributed by atoms with Crippen LogP contribution in [0, 0.1) is 13.8 Å². The highest BCUT2D eigenvalue weighted by molar-refractivity contribution is 5.71. The van der Waals surface area contributed by atoms with Gasteiger partial charge in [0.15, 0.2) is 0 Å². The minimum atomic E-state index is -0.237. The number of carbonyl (C=O) groups excluding carboxylic acids is 1. The summed E-state index contributed by atoms with van der Waals surface area (Å²) in [6.07, 6.45) is 0. The number of nitrogens with one attached hydrogen (secondary N) is 1. The van der Waals surface area contributed by atoms with Crippen molar-refractivity contribution in [1.29, 1.82) is 0 Å². The second kappa shape index (κ2) is 5.51. The highest BCUT2D eigenvalue weighted by Crippen LogP contribution is 2.08. The second-order valence-corrected chi connectivity index (χ2v) is 3.68. The molecule has 1 aromatic rings. The Hall–Kier alpha value is -1.35. The van der Waals surface area contributed by atoms with E-state index in [0.717, 1.165) is 0 Å². The number of carbonyl (C=O) groups is 1. The summed E-state index contributed by atoms with van der Waals surface area (Å²) in [5, 5.41) is 3.03. The fourth-order valence-electron chi connectivity index (χ4n) is 1.55. The first kappa shape index (κ1) is 11.7. The predicted molar refractivity (Wildman–Crippen MR) is 59.6 cm³/mol. The maximum atomic E-state index is 10.9. The molecular weight excluding hydrogens is 190 g/mol. The molecular formula is C12H17NO2. The normalized spacial score (nSPS) is 10.1. The van der Waals surface area contributed by atoms with Gasteiger partial charge in [-0.3, -0.25) is 4.79 Å². The molecule has 0 aromatic heterocycles. The van der Waals surface area contributed by atoms with E-state index in [0.29, 0.717) is 6.54 Å². The fraction of sp³-hybridized carbons (Fsp3) is 0.417. The van der Waals surface area contributed by atoms with Crippen LogP contribution in [0.3, 0.4) is 0 Å². The van der Waals surface area contributed by atoms with E-state index < -0.39 is 0 Å². The number of benzene rings is 1. The summed E-state index contributed by atoms with van der Waals surface area (Å²) in [5.74, 6) is -0.237. The van der Waals surface area contributed by atoms with Crippen LogP contribution in [0.5, 0.6) is 0 Å². The van der Waals surface area contributed by atoms with Gasteiger partial charge in [-0.05, 0) is 19.4 Å².